The second-order valence-electron chi connectivity index (χ2n) is 5.59. The summed E-state index contributed by atoms with van der Waals surface area (Å²) in [6, 6.07) is 12.6. The lowest BCUT2D eigenvalue weighted by Crippen LogP contribution is -2.23. The van der Waals surface area contributed by atoms with Gasteiger partial charge < -0.3 is 10.1 Å². The molecule has 2 aromatic carbocycles. The van der Waals surface area contributed by atoms with E-state index in [1.807, 2.05) is 12.1 Å². The van der Waals surface area contributed by atoms with Gasteiger partial charge in [0.15, 0.2) is 12.4 Å². The molecule has 128 valence electrons. The van der Waals surface area contributed by atoms with Crippen LogP contribution in [0.2, 0.25) is 0 Å². The van der Waals surface area contributed by atoms with Crippen LogP contribution >= 0.6 is 11.8 Å². The van der Waals surface area contributed by atoms with Gasteiger partial charge in [-0.25, -0.2) is 4.39 Å². The fourth-order valence-electron chi connectivity index (χ4n) is 2.41. The maximum absolute atomic E-state index is 12.9. The van der Waals surface area contributed by atoms with Gasteiger partial charge in [-0.05, 0) is 48.4 Å². The normalized spacial score (nSPS) is 16.6. The number of amides is 1. The molecular formula is C19H16FNO3S. The van der Waals surface area contributed by atoms with Crippen LogP contribution in [0.5, 0.6) is 5.75 Å². The monoisotopic (exact) mass is 357 g/mol. The van der Waals surface area contributed by atoms with Crippen molar-refractivity contribution in [2.75, 3.05) is 6.61 Å². The molecule has 1 atom stereocenters. The second kappa shape index (κ2) is 7.53. The van der Waals surface area contributed by atoms with Crippen LogP contribution in [-0.2, 0) is 11.2 Å². The van der Waals surface area contributed by atoms with E-state index in [0.717, 1.165) is 5.56 Å². The molecule has 1 aliphatic heterocycles. The second-order valence-corrected chi connectivity index (χ2v) is 6.88. The van der Waals surface area contributed by atoms with Crippen LogP contribution in [0.1, 0.15) is 15.9 Å². The van der Waals surface area contributed by atoms with E-state index in [4.69, 9.17) is 4.74 Å². The first kappa shape index (κ1) is 17.2. The zero-order valence-corrected chi connectivity index (χ0v) is 14.1. The molecule has 6 heteroatoms. The van der Waals surface area contributed by atoms with E-state index in [2.05, 4.69) is 11.9 Å². The maximum Gasteiger partial charge on any atom is 0.238 e. The van der Waals surface area contributed by atoms with Crippen LogP contribution in [-0.4, -0.2) is 23.5 Å². The van der Waals surface area contributed by atoms with E-state index in [1.165, 1.54) is 36.0 Å². The highest BCUT2D eigenvalue weighted by Gasteiger charge is 2.27. The Labute approximate surface area is 149 Å². The van der Waals surface area contributed by atoms with Gasteiger partial charge in [0.1, 0.15) is 11.6 Å². The first-order valence-corrected chi connectivity index (χ1v) is 8.56. The molecule has 25 heavy (non-hydrogen) atoms. The number of carbonyl (C=O) groups excluding carboxylic acids is 2. The Balaban J connectivity index is 1.54. The van der Waals surface area contributed by atoms with Gasteiger partial charge in [-0.2, -0.15) is 0 Å². The van der Waals surface area contributed by atoms with Gasteiger partial charge in [0.05, 0.1) is 10.3 Å². The van der Waals surface area contributed by atoms with E-state index in [1.54, 1.807) is 12.1 Å². The van der Waals surface area contributed by atoms with Crippen molar-refractivity contribution in [1.29, 1.82) is 0 Å². The Morgan fingerprint density at radius 1 is 1.16 bits per heavy atom. The first-order valence-electron chi connectivity index (χ1n) is 7.68. The minimum atomic E-state index is -0.384. The third kappa shape index (κ3) is 4.48. The highest BCUT2D eigenvalue weighted by Crippen LogP contribution is 2.28. The number of thioether (sulfide) groups is 1. The largest absolute Gasteiger partial charge is 0.485 e. The van der Waals surface area contributed by atoms with Crippen LogP contribution in [0.3, 0.4) is 0 Å². The fraction of sp³-hybridized carbons (Fsp3) is 0.158. The summed E-state index contributed by atoms with van der Waals surface area (Å²) in [5.41, 5.74) is 1.40. The van der Waals surface area contributed by atoms with Crippen LogP contribution in [0.15, 0.2) is 60.1 Å². The molecule has 0 aromatic heterocycles. The van der Waals surface area contributed by atoms with E-state index in [0.29, 0.717) is 22.8 Å². The lowest BCUT2D eigenvalue weighted by Gasteiger charge is -2.08. The smallest absolute Gasteiger partial charge is 0.238 e. The summed E-state index contributed by atoms with van der Waals surface area (Å²) < 4.78 is 18.3. The van der Waals surface area contributed by atoms with Crippen molar-refractivity contribution in [1.82, 2.24) is 5.32 Å². The Bertz CT molecular complexity index is 802. The van der Waals surface area contributed by atoms with Gasteiger partial charge in [0.2, 0.25) is 5.91 Å². The third-order valence-electron chi connectivity index (χ3n) is 3.72. The quantitative estimate of drug-likeness (QED) is 0.806. The third-order valence-corrected chi connectivity index (χ3v) is 4.77. The van der Waals surface area contributed by atoms with Gasteiger partial charge in [0, 0.05) is 5.56 Å². The lowest BCUT2D eigenvalue weighted by molar-refractivity contribution is -0.119. The molecule has 1 saturated heterocycles. The summed E-state index contributed by atoms with van der Waals surface area (Å²) in [6.45, 7) is 3.62. The van der Waals surface area contributed by atoms with Crippen molar-refractivity contribution in [3.05, 3.63) is 77.1 Å². The number of rotatable bonds is 6. The number of benzene rings is 2. The zero-order chi connectivity index (χ0) is 17.8. The van der Waals surface area contributed by atoms with Gasteiger partial charge in [0.25, 0.3) is 0 Å². The highest BCUT2D eigenvalue weighted by atomic mass is 32.2. The number of halogens is 1. The number of ether oxygens (including phenoxy) is 1. The molecule has 1 amide bonds. The maximum atomic E-state index is 12.9. The minimum Gasteiger partial charge on any atom is -0.485 e. The van der Waals surface area contributed by atoms with Crippen molar-refractivity contribution in [3.8, 4) is 5.75 Å². The minimum absolute atomic E-state index is 0.0276. The molecule has 0 radical (unpaired) electrons. The number of carbonyl (C=O) groups is 2. The van der Waals surface area contributed by atoms with Crippen molar-refractivity contribution >= 4 is 23.5 Å². The predicted octanol–water partition coefficient (Wildman–Crippen LogP) is 3.33. The van der Waals surface area contributed by atoms with Crippen LogP contribution in [0, 0.1) is 5.82 Å². The van der Waals surface area contributed by atoms with Crippen LogP contribution < -0.4 is 10.1 Å². The van der Waals surface area contributed by atoms with Gasteiger partial charge in [-0.3, -0.25) is 9.59 Å². The molecule has 0 bridgehead atoms. The average Bonchev–Trinajstić information content (AvgIpc) is 2.92. The van der Waals surface area contributed by atoms with Crippen molar-refractivity contribution < 1.29 is 18.7 Å². The zero-order valence-electron chi connectivity index (χ0n) is 13.3. The molecule has 4 nitrogen and oxygen atoms in total. The molecule has 3 rings (SSSR count). The molecular weight excluding hydrogens is 341 g/mol. The van der Waals surface area contributed by atoms with Crippen LogP contribution in [0.4, 0.5) is 4.39 Å². The number of hydrogen-bond acceptors (Lipinski definition) is 4. The van der Waals surface area contributed by atoms with Gasteiger partial charge in [-0.1, -0.05) is 30.5 Å². The van der Waals surface area contributed by atoms with Crippen molar-refractivity contribution in [3.63, 3.8) is 0 Å². The molecule has 0 spiro atoms. The van der Waals surface area contributed by atoms with E-state index < -0.39 is 0 Å². The molecule has 1 fully saturated rings. The summed E-state index contributed by atoms with van der Waals surface area (Å²) in [4.78, 5) is 23.7. The summed E-state index contributed by atoms with van der Waals surface area (Å²) >= 11 is 1.43. The summed E-state index contributed by atoms with van der Waals surface area (Å²) in [7, 11) is 0. The topological polar surface area (TPSA) is 55.4 Å². The Morgan fingerprint density at radius 3 is 2.44 bits per heavy atom. The molecule has 0 aliphatic carbocycles. The predicted molar refractivity (Wildman–Crippen MR) is 95.0 cm³/mol. The standard InChI is InChI=1S/C19H16FNO3S/c1-12-21-19(23)18(25-12)10-13-2-8-16(9-3-13)24-11-17(22)14-4-6-15(20)7-5-14/h2-9,18H,1,10-11H2,(H,21,23). The van der Waals surface area contributed by atoms with E-state index in [9.17, 15) is 14.0 Å². The number of ketones is 1. The Hall–Kier alpha value is -2.60. The van der Waals surface area contributed by atoms with E-state index >= 15 is 0 Å². The number of Topliss-reactive ketones (excluding diaryl/α,β-unsaturated/α-hetero) is 1. The average molecular weight is 357 g/mol. The number of nitrogens with one attached hydrogen (secondary N) is 1. The SMILES string of the molecule is C=C1NC(=O)C(Cc2ccc(OCC(=O)c3ccc(F)cc3)cc2)S1. The fourth-order valence-corrected chi connectivity index (χ4v) is 3.36. The Kier molecular flexibility index (Phi) is 5.19. The lowest BCUT2D eigenvalue weighted by atomic mass is 10.1. The summed E-state index contributed by atoms with van der Waals surface area (Å²) in [6.07, 6.45) is 0.601. The molecule has 0 saturated carbocycles. The first-order chi connectivity index (χ1) is 12.0. The number of hydrogen-bond donors (Lipinski definition) is 1. The molecule has 1 unspecified atom stereocenters. The van der Waals surface area contributed by atoms with Crippen molar-refractivity contribution in [2.45, 2.75) is 11.7 Å². The molecule has 1 heterocycles. The van der Waals surface area contributed by atoms with E-state index in [-0.39, 0.29) is 29.4 Å². The molecule has 2 aromatic rings. The van der Waals surface area contributed by atoms with Gasteiger partial charge in [-0.15, -0.1) is 0 Å². The van der Waals surface area contributed by atoms with Gasteiger partial charge >= 0.3 is 0 Å². The summed E-state index contributed by atoms with van der Waals surface area (Å²) in [5.74, 6) is -0.0697. The molecule has 1 aliphatic rings. The highest BCUT2D eigenvalue weighted by molar-refractivity contribution is 8.04. The van der Waals surface area contributed by atoms with Crippen molar-refractivity contribution in [2.24, 2.45) is 0 Å². The summed E-state index contributed by atoms with van der Waals surface area (Å²) in [5, 5.41) is 3.20. The van der Waals surface area contributed by atoms with Crippen LogP contribution in [0.25, 0.3) is 0 Å². The Morgan fingerprint density at radius 2 is 1.84 bits per heavy atom. The molecule has 1 N–H and O–H groups in total.